The lowest BCUT2D eigenvalue weighted by Gasteiger charge is -2.22. The molecule has 1 atom stereocenters. The van der Waals surface area contributed by atoms with E-state index in [-0.39, 0.29) is 0 Å². The fourth-order valence-electron chi connectivity index (χ4n) is 2.29. The summed E-state index contributed by atoms with van der Waals surface area (Å²) in [7, 11) is 0. The van der Waals surface area contributed by atoms with Gasteiger partial charge < -0.3 is 5.32 Å². The molecule has 1 aliphatic rings. The summed E-state index contributed by atoms with van der Waals surface area (Å²) in [4.78, 5) is 13.2. The molecule has 0 spiro atoms. The second-order valence-corrected chi connectivity index (χ2v) is 4.52. The highest BCUT2D eigenvalue weighted by molar-refractivity contribution is 5.48. The lowest BCUT2D eigenvalue weighted by molar-refractivity contribution is 0.405. The number of aromatic nitrogens is 3. The van der Waals surface area contributed by atoms with Crippen LogP contribution in [-0.2, 0) is 0 Å². The molecule has 1 fully saturated rings. The maximum absolute atomic E-state index is 4.63. The standard InChI is InChI=1S/C14H16N4/c1-3-8-15-11(5-1)12-7-10-17-14(18-12)13-6-2-4-9-16-13/h2,4,6-7,9-11,15H,1,3,5,8H2. The zero-order chi connectivity index (χ0) is 12.2. The molecule has 0 aliphatic carbocycles. The average Bonchev–Trinajstić information content (AvgIpc) is 2.49. The van der Waals surface area contributed by atoms with Crippen molar-refractivity contribution in [2.24, 2.45) is 0 Å². The molecule has 0 aromatic carbocycles. The van der Waals surface area contributed by atoms with Crippen LogP contribution in [-0.4, -0.2) is 21.5 Å². The van der Waals surface area contributed by atoms with Crippen molar-refractivity contribution in [2.45, 2.75) is 25.3 Å². The third-order valence-electron chi connectivity index (χ3n) is 3.24. The van der Waals surface area contributed by atoms with E-state index in [0.717, 1.165) is 24.4 Å². The van der Waals surface area contributed by atoms with Gasteiger partial charge in [-0.3, -0.25) is 4.98 Å². The molecule has 4 heteroatoms. The van der Waals surface area contributed by atoms with Crippen LogP contribution >= 0.6 is 0 Å². The van der Waals surface area contributed by atoms with Crippen LogP contribution in [0.1, 0.15) is 31.0 Å². The van der Waals surface area contributed by atoms with E-state index in [1.54, 1.807) is 6.20 Å². The van der Waals surface area contributed by atoms with E-state index in [4.69, 9.17) is 0 Å². The Balaban J connectivity index is 1.89. The van der Waals surface area contributed by atoms with Gasteiger partial charge in [0.2, 0.25) is 0 Å². The Morgan fingerprint density at radius 2 is 2.06 bits per heavy atom. The second kappa shape index (κ2) is 5.23. The Hall–Kier alpha value is -1.81. The number of pyridine rings is 1. The first-order valence-corrected chi connectivity index (χ1v) is 6.41. The van der Waals surface area contributed by atoms with Gasteiger partial charge in [-0.2, -0.15) is 0 Å². The van der Waals surface area contributed by atoms with Crippen LogP contribution in [0.3, 0.4) is 0 Å². The van der Waals surface area contributed by atoms with Crippen molar-refractivity contribution in [2.75, 3.05) is 6.54 Å². The highest BCUT2D eigenvalue weighted by atomic mass is 15.0. The molecule has 0 radical (unpaired) electrons. The quantitative estimate of drug-likeness (QED) is 0.875. The molecule has 1 unspecified atom stereocenters. The SMILES string of the molecule is c1ccc(-c2nccc(C3CCCCN3)n2)nc1. The molecule has 1 N–H and O–H groups in total. The molecule has 18 heavy (non-hydrogen) atoms. The average molecular weight is 240 g/mol. The van der Waals surface area contributed by atoms with Gasteiger partial charge in [0.25, 0.3) is 0 Å². The van der Waals surface area contributed by atoms with Gasteiger partial charge in [-0.05, 0) is 37.6 Å². The first kappa shape index (κ1) is 11.3. The van der Waals surface area contributed by atoms with E-state index < -0.39 is 0 Å². The monoisotopic (exact) mass is 240 g/mol. The number of hydrogen-bond donors (Lipinski definition) is 1. The Morgan fingerprint density at radius 3 is 2.83 bits per heavy atom. The highest BCUT2D eigenvalue weighted by Crippen LogP contribution is 2.22. The van der Waals surface area contributed by atoms with E-state index in [9.17, 15) is 0 Å². The molecule has 4 nitrogen and oxygen atoms in total. The van der Waals surface area contributed by atoms with Crippen LogP contribution in [0.15, 0.2) is 36.7 Å². The van der Waals surface area contributed by atoms with Crippen molar-refractivity contribution < 1.29 is 0 Å². The minimum Gasteiger partial charge on any atom is -0.309 e. The second-order valence-electron chi connectivity index (χ2n) is 4.52. The van der Waals surface area contributed by atoms with Crippen LogP contribution in [0.25, 0.3) is 11.5 Å². The summed E-state index contributed by atoms with van der Waals surface area (Å²) in [6.07, 6.45) is 7.26. The molecule has 1 aliphatic heterocycles. The van der Waals surface area contributed by atoms with E-state index >= 15 is 0 Å². The van der Waals surface area contributed by atoms with E-state index in [0.29, 0.717) is 11.9 Å². The molecule has 0 bridgehead atoms. The third kappa shape index (κ3) is 2.38. The number of nitrogens with one attached hydrogen (secondary N) is 1. The first-order valence-electron chi connectivity index (χ1n) is 6.41. The van der Waals surface area contributed by atoms with E-state index in [2.05, 4.69) is 20.3 Å². The Labute approximate surface area is 107 Å². The first-order chi connectivity index (χ1) is 8.93. The lowest BCUT2D eigenvalue weighted by atomic mass is 10.0. The number of piperidine rings is 1. The fourth-order valence-corrected chi connectivity index (χ4v) is 2.29. The van der Waals surface area contributed by atoms with Gasteiger partial charge in [-0.25, -0.2) is 9.97 Å². The molecule has 2 aromatic rings. The highest BCUT2D eigenvalue weighted by Gasteiger charge is 2.16. The normalized spacial score (nSPS) is 19.7. The lowest BCUT2D eigenvalue weighted by Crippen LogP contribution is -2.27. The Morgan fingerprint density at radius 1 is 1.06 bits per heavy atom. The van der Waals surface area contributed by atoms with Gasteiger partial charge in [0.15, 0.2) is 5.82 Å². The predicted molar refractivity (Wildman–Crippen MR) is 69.9 cm³/mol. The van der Waals surface area contributed by atoms with Gasteiger partial charge in [0.05, 0.1) is 5.69 Å². The van der Waals surface area contributed by atoms with Gasteiger partial charge in [-0.15, -0.1) is 0 Å². The van der Waals surface area contributed by atoms with E-state index in [1.165, 1.54) is 12.8 Å². The fraction of sp³-hybridized carbons (Fsp3) is 0.357. The Kier molecular flexibility index (Phi) is 3.28. The summed E-state index contributed by atoms with van der Waals surface area (Å²) in [6, 6.07) is 8.15. The zero-order valence-electron chi connectivity index (χ0n) is 10.2. The van der Waals surface area contributed by atoms with Crippen LogP contribution in [0.4, 0.5) is 0 Å². The molecule has 1 saturated heterocycles. The van der Waals surface area contributed by atoms with Crippen LogP contribution in [0.2, 0.25) is 0 Å². The summed E-state index contributed by atoms with van der Waals surface area (Å²) in [5, 5.41) is 3.50. The summed E-state index contributed by atoms with van der Waals surface area (Å²) in [5.41, 5.74) is 1.90. The van der Waals surface area contributed by atoms with Crippen molar-refractivity contribution in [3.63, 3.8) is 0 Å². The molecule has 0 saturated carbocycles. The molecule has 0 amide bonds. The maximum Gasteiger partial charge on any atom is 0.178 e. The number of nitrogens with zero attached hydrogens (tertiary/aromatic N) is 3. The van der Waals surface area contributed by atoms with Crippen LogP contribution in [0, 0.1) is 0 Å². The van der Waals surface area contributed by atoms with Gasteiger partial charge in [-0.1, -0.05) is 12.5 Å². The minimum atomic E-state index is 0.365. The summed E-state index contributed by atoms with van der Waals surface area (Å²) < 4.78 is 0. The third-order valence-corrected chi connectivity index (χ3v) is 3.24. The molecular formula is C14H16N4. The number of rotatable bonds is 2. The molecule has 3 heterocycles. The molecule has 3 rings (SSSR count). The molecule has 92 valence electrons. The summed E-state index contributed by atoms with van der Waals surface area (Å²) in [5.74, 6) is 0.709. The Bertz CT molecular complexity index is 506. The molecule has 2 aromatic heterocycles. The smallest absolute Gasteiger partial charge is 0.178 e. The van der Waals surface area contributed by atoms with Crippen molar-refractivity contribution >= 4 is 0 Å². The van der Waals surface area contributed by atoms with Crippen molar-refractivity contribution in [3.05, 3.63) is 42.4 Å². The number of hydrogen-bond acceptors (Lipinski definition) is 4. The topological polar surface area (TPSA) is 50.7 Å². The van der Waals surface area contributed by atoms with E-state index in [1.807, 2.05) is 30.5 Å². The maximum atomic E-state index is 4.63. The van der Waals surface area contributed by atoms with Gasteiger partial charge >= 0.3 is 0 Å². The van der Waals surface area contributed by atoms with Crippen molar-refractivity contribution in [1.82, 2.24) is 20.3 Å². The minimum absolute atomic E-state index is 0.365. The van der Waals surface area contributed by atoms with Gasteiger partial charge in [0.1, 0.15) is 5.69 Å². The van der Waals surface area contributed by atoms with Crippen molar-refractivity contribution in [3.8, 4) is 11.5 Å². The van der Waals surface area contributed by atoms with Gasteiger partial charge in [0, 0.05) is 18.4 Å². The van der Waals surface area contributed by atoms with Crippen LogP contribution in [0.5, 0.6) is 0 Å². The largest absolute Gasteiger partial charge is 0.309 e. The summed E-state index contributed by atoms with van der Waals surface area (Å²) >= 11 is 0. The summed E-state index contributed by atoms with van der Waals surface area (Å²) in [6.45, 7) is 1.08. The molecular weight excluding hydrogens is 224 g/mol. The van der Waals surface area contributed by atoms with Crippen molar-refractivity contribution in [1.29, 1.82) is 0 Å². The zero-order valence-corrected chi connectivity index (χ0v) is 10.2. The predicted octanol–water partition coefficient (Wildman–Crippen LogP) is 2.35. The van der Waals surface area contributed by atoms with Crippen LogP contribution < -0.4 is 5.32 Å².